The van der Waals surface area contributed by atoms with Gasteiger partial charge < -0.3 is 16.0 Å². The highest BCUT2D eigenvalue weighted by Crippen LogP contribution is 2.20. The summed E-state index contributed by atoms with van der Waals surface area (Å²) in [5, 5.41) is 9.18. The largest absolute Gasteiger partial charge is 0.376 e. The lowest BCUT2D eigenvalue weighted by Gasteiger charge is -2.22. The monoisotopic (exact) mass is 379 g/mol. The highest BCUT2D eigenvalue weighted by atomic mass is 16.2. The van der Waals surface area contributed by atoms with Gasteiger partial charge in [-0.05, 0) is 56.0 Å². The predicted molar refractivity (Wildman–Crippen MR) is 114 cm³/mol. The van der Waals surface area contributed by atoms with Crippen LogP contribution in [0.15, 0.2) is 42.5 Å². The molecule has 3 N–H and O–H groups in total. The van der Waals surface area contributed by atoms with Crippen LogP contribution in [0.1, 0.15) is 53.6 Å². The number of anilines is 2. The highest BCUT2D eigenvalue weighted by molar-refractivity contribution is 5.98. The van der Waals surface area contributed by atoms with Gasteiger partial charge in [-0.2, -0.15) is 0 Å². The maximum Gasteiger partial charge on any atom is 0.251 e. The number of hydrogen-bond acceptors (Lipinski definition) is 3. The molecule has 1 aliphatic rings. The van der Waals surface area contributed by atoms with E-state index in [1.165, 1.54) is 19.3 Å². The maximum atomic E-state index is 12.5. The van der Waals surface area contributed by atoms with Crippen molar-refractivity contribution in [3.8, 4) is 0 Å². The second kappa shape index (κ2) is 9.40. The van der Waals surface area contributed by atoms with Crippen molar-refractivity contribution in [2.45, 2.75) is 52.0 Å². The quantitative estimate of drug-likeness (QED) is 0.696. The number of nitrogens with one attached hydrogen (secondary N) is 3. The predicted octanol–water partition coefficient (Wildman–Crippen LogP) is 4.42. The van der Waals surface area contributed by atoms with E-state index in [4.69, 9.17) is 0 Å². The summed E-state index contributed by atoms with van der Waals surface area (Å²) in [7, 11) is 0. The Morgan fingerprint density at radius 1 is 0.964 bits per heavy atom. The van der Waals surface area contributed by atoms with E-state index in [-0.39, 0.29) is 24.4 Å². The molecule has 2 aromatic carbocycles. The van der Waals surface area contributed by atoms with Crippen LogP contribution in [0, 0.1) is 13.8 Å². The molecule has 1 aliphatic carbocycles. The first-order valence-corrected chi connectivity index (χ1v) is 10.0. The fourth-order valence-electron chi connectivity index (χ4n) is 3.72. The van der Waals surface area contributed by atoms with Crippen LogP contribution >= 0.6 is 0 Å². The summed E-state index contributed by atoms with van der Waals surface area (Å²) in [4.78, 5) is 24.8. The third-order valence-corrected chi connectivity index (χ3v) is 5.26. The second-order valence-corrected chi connectivity index (χ2v) is 7.56. The smallest absolute Gasteiger partial charge is 0.251 e. The summed E-state index contributed by atoms with van der Waals surface area (Å²) in [6.45, 7) is 4.20. The van der Waals surface area contributed by atoms with Crippen molar-refractivity contribution in [2.24, 2.45) is 0 Å². The molecule has 5 nitrogen and oxygen atoms in total. The number of aryl methyl sites for hydroxylation is 2. The highest BCUT2D eigenvalue weighted by Gasteiger charge is 2.17. The van der Waals surface area contributed by atoms with Crippen LogP contribution in [0.2, 0.25) is 0 Å². The van der Waals surface area contributed by atoms with Crippen molar-refractivity contribution >= 4 is 23.2 Å². The summed E-state index contributed by atoms with van der Waals surface area (Å²) < 4.78 is 0. The van der Waals surface area contributed by atoms with E-state index in [1.54, 1.807) is 24.3 Å². The van der Waals surface area contributed by atoms with Gasteiger partial charge in [0.15, 0.2) is 0 Å². The molecule has 28 heavy (non-hydrogen) atoms. The number of carbonyl (C=O) groups excluding carboxylic acids is 2. The minimum absolute atomic E-state index is 0.0725. The van der Waals surface area contributed by atoms with Gasteiger partial charge in [0.1, 0.15) is 0 Å². The van der Waals surface area contributed by atoms with Gasteiger partial charge in [-0.25, -0.2) is 0 Å². The molecule has 148 valence electrons. The molecule has 0 bridgehead atoms. The molecular weight excluding hydrogens is 350 g/mol. The first-order chi connectivity index (χ1) is 13.5. The van der Waals surface area contributed by atoms with Crippen LogP contribution in [0.4, 0.5) is 11.4 Å². The van der Waals surface area contributed by atoms with E-state index in [0.717, 1.165) is 29.7 Å². The normalized spacial score (nSPS) is 14.4. The van der Waals surface area contributed by atoms with Crippen molar-refractivity contribution in [3.05, 3.63) is 59.2 Å². The van der Waals surface area contributed by atoms with Crippen LogP contribution < -0.4 is 16.0 Å². The molecule has 0 aliphatic heterocycles. The first kappa shape index (κ1) is 19.9. The zero-order valence-corrected chi connectivity index (χ0v) is 16.7. The topological polar surface area (TPSA) is 70.2 Å². The minimum Gasteiger partial charge on any atom is -0.376 e. The number of carbonyl (C=O) groups is 2. The average Bonchev–Trinajstić information content (AvgIpc) is 2.68. The molecule has 0 atom stereocenters. The molecular formula is C23H29N3O2. The van der Waals surface area contributed by atoms with Crippen molar-refractivity contribution in [3.63, 3.8) is 0 Å². The average molecular weight is 380 g/mol. The van der Waals surface area contributed by atoms with Gasteiger partial charge in [-0.15, -0.1) is 0 Å². The Morgan fingerprint density at radius 3 is 2.36 bits per heavy atom. The molecule has 3 rings (SSSR count). The Hall–Kier alpha value is -2.82. The molecule has 5 heteroatoms. The van der Waals surface area contributed by atoms with Crippen LogP contribution in [0.5, 0.6) is 0 Å². The van der Waals surface area contributed by atoms with Gasteiger partial charge in [0, 0.05) is 23.0 Å². The van der Waals surface area contributed by atoms with Gasteiger partial charge in [0.2, 0.25) is 5.91 Å². The Labute approximate surface area is 166 Å². The molecule has 0 saturated heterocycles. The number of para-hydroxylation sites is 1. The van der Waals surface area contributed by atoms with E-state index in [9.17, 15) is 9.59 Å². The van der Waals surface area contributed by atoms with E-state index in [1.807, 2.05) is 32.0 Å². The Morgan fingerprint density at radius 2 is 1.64 bits per heavy atom. The number of rotatable bonds is 6. The minimum atomic E-state index is -0.146. The Bertz CT molecular complexity index is 821. The lowest BCUT2D eigenvalue weighted by molar-refractivity contribution is -0.114. The van der Waals surface area contributed by atoms with Gasteiger partial charge >= 0.3 is 0 Å². The summed E-state index contributed by atoms with van der Waals surface area (Å²) in [5.74, 6) is -0.218. The van der Waals surface area contributed by atoms with Crippen molar-refractivity contribution in [2.75, 3.05) is 17.2 Å². The molecule has 0 spiro atoms. The molecule has 0 heterocycles. The molecule has 2 aromatic rings. The second-order valence-electron chi connectivity index (χ2n) is 7.56. The fraction of sp³-hybridized carbons (Fsp3) is 0.391. The number of hydrogen-bond donors (Lipinski definition) is 3. The van der Waals surface area contributed by atoms with Gasteiger partial charge in [-0.3, -0.25) is 9.59 Å². The molecule has 0 unspecified atom stereocenters. The summed E-state index contributed by atoms with van der Waals surface area (Å²) >= 11 is 0. The maximum absolute atomic E-state index is 12.5. The van der Waals surface area contributed by atoms with Gasteiger partial charge in [0.05, 0.1) is 6.54 Å². The lowest BCUT2D eigenvalue weighted by Crippen LogP contribution is -2.36. The Balaban J connectivity index is 1.56. The summed E-state index contributed by atoms with van der Waals surface area (Å²) in [6.07, 6.45) is 5.70. The van der Waals surface area contributed by atoms with Crippen LogP contribution in [0.25, 0.3) is 0 Å². The van der Waals surface area contributed by atoms with E-state index < -0.39 is 0 Å². The summed E-state index contributed by atoms with van der Waals surface area (Å²) in [5.41, 5.74) is 4.40. The SMILES string of the molecule is Cc1cccc(C)c1NCC(=O)Nc1cccc(C(=O)NC2CCCCC2)c1. The van der Waals surface area contributed by atoms with Crippen molar-refractivity contribution in [1.29, 1.82) is 0 Å². The van der Waals surface area contributed by atoms with Gasteiger partial charge in [-0.1, -0.05) is 43.5 Å². The molecule has 2 amide bonds. The van der Waals surface area contributed by atoms with Crippen molar-refractivity contribution < 1.29 is 9.59 Å². The molecule has 1 fully saturated rings. The van der Waals surface area contributed by atoms with Crippen LogP contribution in [-0.4, -0.2) is 24.4 Å². The molecule has 0 radical (unpaired) electrons. The third-order valence-electron chi connectivity index (χ3n) is 5.26. The van der Waals surface area contributed by atoms with E-state index >= 15 is 0 Å². The van der Waals surface area contributed by atoms with Gasteiger partial charge in [0.25, 0.3) is 5.91 Å². The zero-order valence-electron chi connectivity index (χ0n) is 16.7. The number of benzene rings is 2. The van der Waals surface area contributed by atoms with E-state index in [2.05, 4.69) is 16.0 Å². The fourth-order valence-corrected chi connectivity index (χ4v) is 3.72. The lowest BCUT2D eigenvalue weighted by atomic mass is 9.95. The van der Waals surface area contributed by atoms with Crippen LogP contribution in [0.3, 0.4) is 0 Å². The van der Waals surface area contributed by atoms with Crippen molar-refractivity contribution in [1.82, 2.24) is 5.32 Å². The zero-order chi connectivity index (χ0) is 19.9. The van der Waals surface area contributed by atoms with Crippen LogP contribution in [-0.2, 0) is 4.79 Å². The summed E-state index contributed by atoms with van der Waals surface area (Å²) in [6, 6.07) is 13.4. The Kier molecular flexibility index (Phi) is 6.69. The third kappa shape index (κ3) is 5.35. The van der Waals surface area contributed by atoms with E-state index in [0.29, 0.717) is 11.3 Å². The first-order valence-electron chi connectivity index (χ1n) is 10.0. The molecule has 0 aromatic heterocycles. The molecule has 1 saturated carbocycles. The number of amides is 2. The standard InChI is InChI=1S/C23H29N3O2/c1-16-8-6-9-17(2)22(16)24-15-21(27)25-20-13-7-10-18(14-20)23(28)26-19-11-4-3-5-12-19/h6-10,13-14,19,24H,3-5,11-12,15H2,1-2H3,(H,25,27)(H,26,28).